The molecule has 0 unspecified atom stereocenters. The lowest BCUT2D eigenvalue weighted by molar-refractivity contribution is 1.27. The van der Waals surface area contributed by atoms with Gasteiger partial charge >= 0.3 is 0 Å². The van der Waals surface area contributed by atoms with E-state index in [2.05, 4.69) is 126 Å². The number of benzene rings is 4. The van der Waals surface area contributed by atoms with Crippen molar-refractivity contribution in [3.8, 4) is 34.6 Å². The molecule has 1 aromatic heterocycles. The van der Waals surface area contributed by atoms with Gasteiger partial charge in [-0.2, -0.15) is 0 Å². The zero-order valence-corrected chi connectivity index (χ0v) is 22.3. The molecule has 1 heterocycles. The van der Waals surface area contributed by atoms with E-state index in [0.29, 0.717) is 0 Å². The average molecular weight is 503 g/mol. The van der Waals surface area contributed by atoms with Gasteiger partial charge in [-0.15, -0.1) is 6.42 Å². The maximum Gasteiger partial charge on any atom is 0.0473 e. The summed E-state index contributed by atoms with van der Waals surface area (Å²) in [4.78, 5) is 6.59. The molecule has 0 N–H and O–H groups in total. The van der Waals surface area contributed by atoms with Crippen LogP contribution >= 0.6 is 0 Å². The van der Waals surface area contributed by atoms with Crippen molar-refractivity contribution in [2.24, 2.45) is 0 Å². The highest BCUT2D eigenvalue weighted by atomic mass is 15.1. The Kier molecular flexibility index (Phi) is 7.81. The van der Waals surface area contributed by atoms with Crippen LogP contribution in [0.5, 0.6) is 0 Å². The molecule has 0 aliphatic rings. The highest BCUT2D eigenvalue weighted by Gasteiger charge is 2.16. The predicted molar refractivity (Wildman–Crippen MR) is 166 cm³/mol. The van der Waals surface area contributed by atoms with Gasteiger partial charge in [-0.3, -0.25) is 4.98 Å². The van der Waals surface area contributed by atoms with Crippen molar-refractivity contribution in [2.75, 3.05) is 4.90 Å². The van der Waals surface area contributed by atoms with Crippen molar-refractivity contribution in [1.82, 2.24) is 4.98 Å². The van der Waals surface area contributed by atoms with E-state index in [1.165, 1.54) is 5.56 Å². The monoisotopic (exact) mass is 502 g/mol. The first-order valence-corrected chi connectivity index (χ1v) is 13.0. The molecule has 2 nitrogen and oxygen atoms in total. The SMILES string of the molecule is C#CC=CC(=CC)c1cc(-c2ccccc2)cc(N(c2ccc(C)cc2)c2ccc(-c3cccnc3)cc2)c1. The van der Waals surface area contributed by atoms with Gasteiger partial charge < -0.3 is 4.90 Å². The van der Waals surface area contributed by atoms with Crippen molar-refractivity contribution < 1.29 is 0 Å². The van der Waals surface area contributed by atoms with Crippen molar-refractivity contribution >= 4 is 22.6 Å². The lowest BCUT2D eigenvalue weighted by atomic mass is 9.96. The molecule has 0 atom stereocenters. The molecule has 0 saturated carbocycles. The number of nitrogens with zero attached hydrogens (tertiary/aromatic N) is 2. The van der Waals surface area contributed by atoms with Crippen LogP contribution in [0.3, 0.4) is 0 Å². The lowest BCUT2D eigenvalue weighted by Crippen LogP contribution is -2.10. The third kappa shape index (κ3) is 5.90. The van der Waals surface area contributed by atoms with E-state index in [4.69, 9.17) is 6.42 Å². The van der Waals surface area contributed by atoms with E-state index < -0.39 is 0 Å². The molecular weight excluding hydrogens is 472 g/mol. The summed E-state index contributed by atoms with van der Waals surface area (Å²) in [6, 6.07) is 38.6. The average Bonchev–Trinajstić information content (AvgIpc) is 3.00. The minimum absolute atomic E-state index is 1.07. The van der Waals surface area contributed by atoms with E-state index in [1.54, 1.807) is 12.3 Å². The quantitative estimate of drug-likeness (QED) is 0.163. The van der Waals surface area contributed by atoms with Crippen LogP contribution in [-0.4, -0.2) is 4.98 Å². The van der Waals surface area contributed by atoms with Crippen molar-refractivity contribution in [2.45, 2.75) is 13.8 Å². The van der Waals surface area contributed by atoms with Gasteiger partial charge in [-0.25, -0.2) is 0 Å². The number of hydrogen-bond donors (Lipinski definition) is 0. The fraction of sp³-hybridized carbons (Fsp3) is 0.0541. The molecule has 39 heavy (non-hydrogen) atoms. The normalized spacial score (nSPS) is 11.4. The first-order chi connectivity index (χ1) is 19.2. The van der Waals surface area contributed by atoms with E-state index in [0.717, 1.165) is 50.5 Å². The van der Waals surface area contributed by atoms with Crippen molar-refractivity contribution in [3.63, 3.8) is 0 Å². The summed E-state index contributed by atoms with van der Waals surface area (Å²) >= 11 is 0. The summed E-state index contributed by atoms with van der Waals surface area (Å²) in [5, 5.41) is 0. The lowest BCUT2D eigenvalue weighted by Gasteiger charge is -2.27. The highest BCUT2D eigenvalue weighted by Crippen LogP contribution is 2.39. The molecule has 0 radical (unpaired) electrons. The number of aromatic nitrogens is 1. The molecular formula is C37H30N2. The molecule has 0 amide bonds. The van der Waals surface area contributed by atoms with Crippen LogP contribution in [-0.2, 0) is 0 Å². The summed E-state index contributed by atoms with van der Waals surface area (Å²) < 4.78 is 0. The van der Waals surface area contributed by atoms with Crippen LogP contribution in [0.1, 0.15) is 18.1 Å². The Balaban J connectivity index is 1.69. The molecule has 188 valence electrons. The molecule has 0 aliphatic carbocycles. The third-order valence-corrected chi connectivity index (χ3v) is 6.70. The molecule has 4 aromatic carbocycles. The minimum atomic E-state index is 1.07. The number of allylic oxidation sites excluding steroid dienone is 4. The van der Waals surface area contributed by atoms with Crippen LogP contribution in [0.15, 0.2) is 140 Å². The van der Waals surface area contributed by atoms with E-state index in [-0.39, 0.29) is 0 Å². The second kappa shape index (κ2) is 11.9. The Morgan fingerprint density at radius 2 is 1.38 bits per heavy atom. The molecule has 5 aromatic rings. The van der Waals surface area contributed by atoms with Gasteiger partial charge in [0.05, 0.1) is 0 Å². The molecule has 0 aliphatic heterocycles. The number of hydrogen-bond acceptors (Lipinski definition) is 2. The Hall–Kier alpha value is -5.13. The second-order valence-corrected chi connectivity index (χ2v) is 9.34. The first-order valence-electron chi connectivity index (χ1n) is 13.0. The Labute approximate surface area is 231 Å². The largest absolute Gasteiger partial charge is 0.310 e. The van der Waals surface area contributed by atoms with Gasteiger partial charge in [0.1, 0.15) is 0 Å². The maximum atomic E-state index is 5.55. The maximum absolute atomic E-state index is 5.55. The zero-order valence-electron chi connectivity index (χ0n) is 22.3. The number of anilines is 3. The smallest absolute Gasteiger partial charge is 0.0473 e. The molecule has 0 saturated heterocycles. The standard InChI is InChI=1S/C37H30N2/c1-4-6-11-29(5-2)33-24-34(30-12-8-7-9-13-30)26-37(25-33)39(35-19-15-28(3)16-20-35)36-21-17-31(18-22-36)32-14-10-23-38-27-32/h1,5-27H,2-3H3. The fourth-order valence-electron chi connectivity index (χ4n) is 4.68. The molecule has 0 spiro atoms. The van der Waals surface area contributed by atoms with E-state index in [1.807, 2.05) is 31.3 Å². The van der Waals surface area contributed by atoms with Crippen LogP contribution in [0, 0.1) is 19.3 Å². The van der Waals surface area contributed by atoms with E-state index in [9.17, 15) is 0 Å². The van der Waals surface area contributed by atoms with Gasteiger partial charge in [-0.1, -0.05) is 78.2 Å². The Morgan fingerprint density at radius 1 is 0.718 bits per heavy atom. The van der Waals surface area contributed by atoms with Crippen LogP contribution < -0.4 is 4.90 Å². The minimum Gasteiger partial charge on any atom is -0.310 e. The molecule has 2 heteroatoms. The van der Waals surface area contributed by atoms with Gasteiger partial charge in [0.25, 0.3) is 0 Å². The van der Waals surface area contributed by atoms with Crippen molar-refractivity contribution in [1.29, 1.82) is 0 Å². The summed E-state index contributed by atoms with van der Waals surface area (Å²) in [6.07, 6.45) is 15.1. The number of terminal acetylenes is 1. The summed E-state index contributed by atoms with van der Waals surface area (Å²) in [5.41, 5.74) is 11.1. The molecule has 0 fully saturated rings. The second-order valence-electron chi connectivity index (χ2n) is 9.34. The van der Waals surface area contributed by atoms with Gasteiger partial charge in [0.2, 0.25) is 0 Å². The topological polar surface area (TPSA) is 16.1 Å². The molecule has 0 bridgehead atoms. The van der Waals surface area contributed by atoms with Crippen LogP contribution in [0.4, 0.5) is 17.1 Å². The summed E-state index contributed by atoms with van der Waals surface area (Å²) in [7, 11) is 0. The third-order valence-electron chi connectivity index (χ3n) is 6.70. The first kappa shape index (κ1) is 25.5. The number of rotatable bonds is 7. The van der Waals surface area contributed by atoms with Gasteiger partial charge in [0.15, 0.2) is 0 Å². The Morgan fingerprint density at radius 3 is 2.03 bits per heavy atom. The van der Waals surface area contributed by atoms with Crippen LogP contribution in [0.25, 0.3) is 27.8 Å². The van der Waals surface area contributed by atoms with Crippen LogP contribution in [0.2, 0.25) is 0 Å². The fourth-order valence-corrected chi connectivity index (χ4v) is 4.68. The number of aryl methyl sites for hydroxylation is 1. The Bertz CT molecular complexity index is 1640. The predicted octanol–water partition coefficient (Wildman–Crippen LogP) is 9.79. The van der Waals surface area contributed by atoms with Gasteiger partial charge in [0, 0.05) is 29.5 Å². The zero-order chi connectivity index (χ0) is 27.0. The molecule has 5 rings (SSSR count). The van der Waals surface area contributed by atoms with Crippen molar-refractivity contribution in [3.05, 3.63) is 151 Å². The highest BCUT2D eigenvalue weighted by molar-refractivity contribution is 5.86. The summed E-state index contributed by atoms with van der Waals surface area (Å²) in [6.45, 7) is 4.15. The van der Waals surface area contributed by atoms with E-state index >= 15 is 0 Å². The number of pyridine rings is 1. The summed E-state index contributed by atoms with van der Waals surface area (Å²) in [5.74, 6) is 2.63. The van der Waals surface area contributed by atoms with Gasteiger partial charge in [-0.05, 0) is 108 Å².